The number of fused-ring (bicyclic) bond motifs is 2. The van der Waals surface area contributed by atoms with E-state index in [1.54, 1.807) is 6.33 Å². The van der Waals surface area contributed by atoms with Gasteiger partial charge in [-0.05, 0) is 41.9 Å². The predicted octanol–water partition coefficient (Wildman–Crippen LogP) is 4.52. The lowest BCUT2D eigenvalue weighted by Gasteiger charge is -2.32. The highest BCUT2D eigenvalue weighted by Gasteiger charge is 2.14. The largest absolute Gasteiger partial charge is 0.346 e. The summed E-state index contributed by atoms with van der Waals surface area (Å²) in [6.45, 7) is 5.59. The average Bonchev–Trinajstić information content (AvgIpc) is 3.47. The standard InChI is InChI=1S/C26H26N6/c1-31-8-10-32(11-9-31)16-18-2-4-19(5-3-18)21-12-22-23(15-28-26(22)27-14-21)20-6-7-24-25(13-20)30-17-29-24/h2-7,12-15,17H,8-11,16H2,1H3,(H,27,28)(H,29,30). The number of benzene rings is 2. The van der Waals surface area contributed by atoms with Crippen molar-refractivity contribution in [1.29, 1.82) is 0 Å². The fraction of sp³-hybridized carbons (Fsp3) is 0.231. The number of hydrogen-bond donors (Lipinski definition) is 2. The van der Waals surface area contributed by atoms with E-state index in [0.717, 1.165) is 71.5 Å². The number of pyridine rings is 1. The van der Waals surface area contributed by atoms with Gasteiger partial charge in [0.05, 0.1) is 17.4 Å². The minimum absolute atomic E-state index is 0.903. The second kappa shape index (κ2) is 7.89. The summed E-state index contributed by atoms with van der Waals surface area (Å²) in [6.07, 6.45) is 5.73. The SMILES string of the molecule is CN1CCN(Cc2ccc(-c3cnc4[nH]cc(-c5ccc6nc[nH]c6c5)c4c3)cc2)CC1. The smallest absolute Gasteiger partial charge is 0.137 e. The molecule has 1 saturated heterocycles. The summed E-state index contributed by atoms with van der Waals surface area (Å²) in [4.78, 5) is 20.5. The Kier molecular flexibility index (Phi) is 4.74. The lowest BCUT2D eigenvalue weighted by Crippen LogP contribution is -2.43. The van der Waals surface area contributed by atoms with Crippen LogP contribution in [0.5, 0.6) is 0 Å². The van der Waals surface area contributed by atoms with Crippen molar-refractivity contribution in [3.05, 3.63) is 72.8 Å². The van der Waals surface area contributed by atoms with Crippen LogP contribution in [0, 0.1) is 0 Å². The first-order valence-corrected chi connectivity index (χ1v) is 11.1. The number of imidazole rings is 1. The summed E-state index contributed by atoms with van der Waals surface area (Å²) < 4.78 is 0. The van der Waals surface area contributed by atoms with Gasteiger partial charge >= 0.3 is 0 Å². The Balaban J connectivity index is 1.28. The molecular weight excluding hydrogens is 396 g/mol. The van der Waals surface area contributed by atoms with Gasteiger partial charge in [0.25, 0.3) is 0 Å². The van der Waals surface area contributed by atoms with E-state index in [4.69, 9.17) is 4.98 Å². The Morgan fingerprint density at radius 3 is 2.50 bits per heavy atom. The van der Waals surface area contributed by atoms with Crippen LogP contribution in [0.3, 0.4) is 0 Å². The molecule has 0 aliphatic carbocycles. The summed E-state index contributed by atoms with van der Waals surface area (Å²) in [5, 5.41) is 1.13. The van der Waals surface area contributed by atoms with Crippen LogP contribution in [0.2, 0.25) is 0 Å². The Bertz CT molecular complexity index is 1370. The molecule has 0 unspecified atom stereocenters. The summed E-state index contributed by atoms with van der Waals surface area (Å²) >= 11 is 0. The zero-order valence-corrected chi connectivity index (χ0v) is 18.2. The maximum atomic E-state index is 4.69. The lowest BCUT2D eigenvalue weighted by molar-refractivity contribution is 0.148. The number of likely N-dealkylation sites (N-methyl/N-ethyl adjacent to an activating group) is 1. The average molecular weight is 423 g/mol. The maximum absolute atomic E-state index is 4.69. The molecule has 0 radical (unpaired) electrons. The number of nitrogens with zero attached hydrogens (tertiary/aromatic N) is 4. The fourth-order valence-electron chi connectivity index (χ4n) is 4.57. The normalized spacial score (nSPS) is 15.7. The van der Waals surface area contributed by atoms with Gasteiger partial charge in [0.1, 0.15) is 5.65 Å². The number of aromatic amines is 2. The Hall–Kier alpha value is -3.48. The van der Waals surface area contributed by atoms with Crippen LogP contribution in [0.25, 0.3) is 44.3 Å². The summed E-state index contributed by atoms with van der Waals surface area (Å²) in [7, 11) is 2.20. The summed E-state index contributed by atoms with van der Waals surface area (Å²) in [5.74, 6) is 0. The quantitative estimate of drug-likeness (QED) is 0.447. The predicted molar refractivity (Wildman–Crippen MR) is 129 cm³/mol. The van der Waals surface area contributed by atoms with Crippen molar-refractivity contribution in [2.75, 3.05) is 33.2 Å². The van der Waals surface area contributed by atoms with Crippen LogP contribution in [-0.2, 0) is 6.54 Å². The van der Waals surface area contributed by atoms with Crippen molar-refractivity contribution in [1.82, 2.24) is 29.7 Å². The molecule has 0 bridgehead atoms. The van der Waals surface area contributed by atoms with Crippen LogP contribution in [0.15, 0.2) is 67.3 Å². The molecular formula is C26H26N6. The number of rotatable bonds is 4. The van der Waals surface area contributed by atoms with Gasteiger partial charge in [-0.15, -0.1) is 0 Å². The number of nitrogens with one attached hydrogen (secondary N) is 2. The van der Waals surface area contributed by atoms with Crippen LogP contribution in [-0.4, -0.2) is 63.0 Å². The second-order valence-electron chi connectivity index (χ2n) is 8.73. The number of aromatic nitrogens is 4. The number of piperazine rings is 1. The van der Waals surface area contributed by atoms with Gasteiger partial charge in [0.2, 0.25) is 0 Å². The summed E-state index contributed by atoms with van der Waals surface area (Å²) in [6, 6.07) is 17.5. The van der Waals surface area contributed by atoms with E-state index in [0.29, 0.717) is 0 Å². The molecule has 0 saturated carbocycles. The monoisotopic (exact) mass is 422 g/mol. The van der Waals surface area contributed by atoms with Crippen molar-refractivity contribution < 1.29 is 0 Å². The van der Waals surface area contributed by atoms with Crippen LogP contribution in [0.1, 0.15) is 5.56 Å². The van der Waals surface area contributed by atoms with Crippen molar-refractivity contribution in [2.24, 2.45) is 0 Å². The van der Waals surface area contributed by atoms with Crippen LogP contribution < -0.4 is 0 Å². The minimum Gasteiger partial charge on any atom is -0.346 e. The Morgan fingerprint density at radius 1 is 0.844 bits per heavy atom. The molecule has 0 amide bonds. The van der Waals surface area contributed by atoms with Gasteiger partial charge in [-0.2, -0.15) is 0 Å². The molecule has 6 rings (SSSR count). The molecule has 2 N–H and O–H groups in total. The van der Waals surface area contributed by atoms with Gasteiger partial charge in [-0.3, -0.25) is 4.90 Å². The molecule has 1 aliphatic rings. The van der Waals surface area contributed by atoms with E-state index in [2.05, 4.69) is 80.3 Å². The first-order chi connectivity index (χ1) is 15.7. The van der Waals surface area contributed by atoms with Crippen LogP contribution >= 0.6 is 0 Å². The molecule has 1 aliphatic heterocycles. The third-order valence-corrected chi connectivity index (χ3v) is 6.55. The maximum Gasteiger partial charge on any atom is 0.137 e. The third-order valence-electron chi connectivity index (χ3n) is 6.55. The van der Waals surface area contributed by atoms with Gasteiger partial charge in [-0.25, -0.2) is 9.97 Å². The van der Waals surface area contributed by atoms with E-state index in [-0.39, 0.29) is 0 Å². The fourth-order valence-corrected chi connectivity index (χ4v) is 4.57. The van der Waals surface area contributed by atoms with Crippen molar-refractivity contribution in [3.63, 3.8) is 0 Å². The van der Waals surface area contributed by atoms with Crippen LogP contribution in [0.4, 0.5) is 0 Å². The highest BCUT2D eigenvalue weighted by Crippen LogP contribution is 2.32. The molecule has 2 aromatic carbocycles. The van der Waals surface area contributed by atoms with E-state index in [1.807, 2.05) is 12.4 Å². The van der Waals surface area contributed by atoms with Crippen molar-refractivity contribution in [2.45, 2.75) is 6.54 Å². The van der Waals surface area contributed by atoms with E-state index < -0.39 is 0 Å². The molecule has 3 aromatic heterocycles. The Labute approximate surface area is 186 Å². The van der Waals surface area contributed by atoms with E-state index >= 15 is 0 Å². The molecule has 0 spiro atoms. The molecule has 1 fully saturated rings. The highest BCUT2D eigenvalue weighted by atomic mass is 15.2. The van der Waals surface area contributed by atoms with Crippen molar-refractivity contribution in [3.8, 4) is 22.3 Å². The topological polar surface area (TPSA) is 63.8 Å². The zero-order chi connectivity index (χ0) is 21.5. The van der Waals surface area contributed by atoms with Gasteiger partial charge < -0.3 is 14.9 Å². The molecule has 6 heteroatoms. The molecule has 160 valence electrons. The van der Waals surface area contributed by atoms with Gasteiger partial charge in [0, 0.05) is 61.6 Å². The Morgan fingerprint density at radius 2 is 1.66 bits per heavy atom. The minimum atomic E-state index is 0.903. The lowest BCUT2D eigenvalue weighted by atomic mass is 10.0. The summed E-state index contributed by atoms with van der Waals surface area (Å²) in [5.41, 5.74) is 8.90. The third kappa shape index (κ3) is 3.57. The molecule has 0 atom stereocenters. The van der Waals surface area contributed by atoms with Gasteiger partial charge in [-0.1, -0.05) is 30.3 Å². The zero-order valence-electron chi connectivity index (χ0n) is 18.2. The van der Waals surface area contributed by atoms with E-state index in [9.17, 15) is 0 Å². The van der Waals surface area contributed by atoms with E-state index in [1.165, 1.54) is 11.1 Å². The number of hydrogen-bond acceptors (Lipinski definition) is 4. The van der Waals surface area contributed by atoms with Gasteiger partial charge in [0.15, 0.2) is 0 Å². The van der Waals surface area contributed by atoms with Crippen molar-refractivity contribution >= 4 is 22.1 Å². The number of H-pyrrole nitrogens is 2. The molecule has 32 heavy (non-hydrogen) atoms. The molecule has 4 heterocycles. The molecule has 6 nitrogen and oxygen atoms in total. The molecule has 5 aromatic rings. The second-order valence-corrected chi connectivity index (χ2v) is 8.73. The first kappa shape index (κ1) is 19.2. The highest BCUT2D eigenvalue weighted by molar-refractivity contribution is 5.97. The first-order valence-electron chi connectivity index (χ1n) is 11.1.